The largest absolute Gasteiger partial charge is 0.396 e. The zero-order valence-electron chi connectivity index (χ0n) is 11.4. The summed E-state index contributed by atoms with van der Waals surface area (Å²) < 4.78 is 1.89. The molecule has 5 heteroatoms. The van der Waals surface area contributed by atoms with E-state index < -0.39 is 0 Å². The monoisotopic (exact) mass is 273 g/mol. The van der Waals surface area contributed by atoms with Gasteiger partial charge in [-0.1, -0.05) is 0 Å². The highest BCUT2D eigenvalue weighted by atomic mass is 16.3. The first-order chi connectivity index (χ1) is 9.79. The maximum Gasteiger partial charge on any atom is 0.254 e. The number of fused-ring (bicyclic) bond motifs is 1. The van der Waals surface area contributed by atoms with Crippen LogP contribution in [0.3, 0.4) is 0 Å². The quantitative estimate of drug-likeness (QED) is 0.926. The Hall–Kier alpha value is -1.88. The van der Waals surface area contributed by atoms with Gasteiger partial charge in [0.1, 0.15) is 5.65 Å². The van der Waals surface area contributed by atoms with Crippen molar-refractivity contribution >= 4 is 11.6 Å². The maximum atomic E-state index is 12.7. The van der Waals surface area contributed by atoms with Gasteiger partial charge in [-0.3, -0.25) is 4.79 Å². The number of carbonyl (C=O) groups excluding carboxylic acids is 1. The predicted octanol–water partition coefficient (Wildman–Crippen LogP) is 1.71. The first-order valence-electron chi connectivity index (χ1n) is 7.14. The van der Waals surface area contributed by atoms with Crippen molar-refractivity contribution in [3.8, 4) is 0 Å². The van der Waals surface area contributed by atoms with E-state index in [9.17, 15) is 4.79 Å². The van der Waals surface area contributed by atoms with Gasteiger partial charge in [0, 0.05) is 43.3 Å². The molecule has 2 aromatic heterocycles. The summed E-state index contributed by atoms with van der Waals surface area (Å²) in [5.41, 5.74) is 1.46. The number of rotatable bonds is 3. The number of aromatic nitrogens is 2. The summed E-state index contributed by atoms with van der Waals surface area (Å²) >= 11 is 0. The van der Waals surface area contributed by atoms with E-state index >= 15 is 0 Å². The van der Waals surface area contributed by atoms with Crippen molar-refractivity contribution in [3.63, 3.8) is 0 Å². The lowest BCUT2D eigenvalue weighted by atomic mass is 9.98. The number of likely N-dealkylation sites (tertiary alicyclic amines) is 1. The highest BCUT2D eigenvalue weighted by molar-refractivity contribution is 5.95. The third kappa shape index (κ3) is 2.41. The Morgan fingerprint density at radius 2 is 2.30 bits per heavy atom. The van der Waals surface area contributed by atoms with Gasteiger partial charge in [0.05, 0.1) is 0 Å². The van der Waals surface area contributed by atoms with E-state index in [0.717, 1.165) is 31.5 Å². The number of aliphatic hydroxyl groups excluding tert-OH is 1. The second-order valence-corrected chi connectivity index (χ2v) is 5.27. The minimum absolute atomic E-state index is 0.0497. The molecular formula is C15H19N3O2. The molecule has 5 nitrogen and oxygen atoms in total. The fourth-order valence-corrected chi connectivity index (χ4v) is 2.93. The molecule has 1 amide bonds. The SMILES string of the molecule is O=C(c1ccn2ccnc2c1)N1CCCCC1CCO. The zero-order chi connectivity index (χ0) is 13.9. The Balaban J connectivity index is 1.85. The van der Waals surface area contributed by atoms with Crippen LogP contribution in [0.5, 0.6) is 0 Å². The van der Waals surface area contributed by atoms with Crippen molar-refractivity contribution in [2.75, 3.05) is 13.2 Å². The summed E-state index contributed by atoms with van der Waals surface area (Å²) in [5.74, 6) is 0.0497. The molecule has 0 aliphatic carbocycles. The molecule has 1 aliphatic heterocycles. The number of aliphatic hydroxyl groups is 1. The number of pyridine rings is 1. The minimum Gasteiger partial charge on any atom is -0.396 e. The van der Waals surface area contributed by atoms with Crippen molar-refractivity contribution in [1.29, 1.82) is 0 Å². The third-order valence-electron chi connectivity index (χ3n) is 4.00. The molecule has 1 atom stereocenters. The van der Waals surface area contributed by atoms with Crippen LogP contribution in [0.15, 0.2) is 30.7 Å². The lowest BCUT2D eigenvalue weighted by Crippen LogP contribution is -2.44. The molecule has 20 heavy (non-hydrogen) atoms. The molecule has 1 fully saturated rings. The van der Waals surface area contributed by atoms with Crippen LogP contribution in [-0.4, -0.2) is 44.5 Å². The first kappa shape index (κ1) is 13.1. The summed E-state index contributed by atoms with van der Waals surface area (Å²) in [6.07, 6.45) is 9.26. The Kier molecular flexibility index (Phi) is 3.69. The van der Waals surface area contributed by atoms with Gasteiger partial charge in [-0.15, -0.1) is 0 Å². The van der Waals surface area contributed by atoms with Crippen molar-refractivity contribution < 1.29 is 9.90 Å². The number of amides is 1. The van der Waals surface area contributed by atoms with Gasteiger partial charge >= 0.3 is 0 Å². The summed E-state index contributed by atoms with van der Waals surface area (Å²) in [6, 6.07) is 3.83. The molecule has 2 aromatic rings. The maximum absolute atomic E-state index is 12.7. The average molecular weight is 273 g/mol. The Labute approximate surface area is 117 Å². The van der Waals surface area contributed by atoms with E-state index in [1.807, 2.05) is 33.8 Å². The molecule has 1 N–H and O–H groups in total. The second kappa shape index (κ2) is 5.63. The lowest BCUT2D eigenvalue weighted by Gasteiger charge is -2.35. The van der Waals surface area contributed by atoms with Crippen LogP contribution in [0, 0.1) is 0 Å². The number of carbonyl (C=O) groups is 1. The summed E-state index contributed by atoms with van der Waals surface area (Å²) in [7, 11) is 0. The highest BCUT2D eigenvalue weighted by Crippen LogP contribution is 2.22. The molecule has 1 aliphatic rings. The number of nitrogens with zero attached hydrogens (tertiary/aromatic N) is 3. The van der Waals surface area contributed by atoms with Crippen LogP contribution in [0.25, 0.3) is 5.65 Å². The number of imidazole rings is 1. The third-order valence-corrected chi connectivity index (χ3v) is 4.00. The van der Waals surface area contributed by atoms with Crippen molar-refractivity contribution in [2.24, 2.45) is 0 Å². The molecule has 1 unspecified atom stereocenters. The predicted molar refractivity (Wildman–Crippen MR) is 75.6 cm³/mol. The van der Waals surface area contributed by atoms with Crippen LogP contribution in [-0.2, 0) is 0 Å². The van der Waals surface area contributed by atoms with E-state index in [1.54, 1.807) is 6.20 Å². The van der Waals surface area contributed by atoms with Gasteiger partial charge in [-0.05, 0) is 37.8 Å². The topological polar surface area (TPSA) is 57.8 Å². The molecule has 3 rings (SSSR count). The lowest BCUT2D eigenvalue weighted by molar-refractivity contribution is 0.0574. The van der Waals surface area contributed by atoms with Gasteiger partial charge in [-0.2, -0.15) is 0 Å². The number of hydrogen-bond donors (Lipinski definition) is 1. The highest BCUT2D eigenvalue weighted by Gasteiger charge is 2.27. The van der Waals surface area contributed by atoms with Gasteiger partial charge in [0.2, 0.25) is 0 Å². The molecule has 0 aromatic carbocycles. The molecule has 1 saturated heterocycles. The van der Waals surface area contributed by atoms with Crippen LogP contribution >= 0.6 is 0 Å². The number of piperidine rings is 1. The van der Waals surface area contributed by atoms with Crippen molar-refractivity contribution in [2.45, 2.75) is 31.7 Å². The summed E-state index contributed by atoms with van der Waals surface area (Å²) in [5, 5.41) is 9.15. The van der Waals surface area contributed by atoms with E-state index in [2.05, 4.69) is 4.98 Å². The van der Waals surface area contributed by atoms with Gasteiger partial charge < -0.3 is 14.4 Å². The van der Waals surface area contributed by atoms with E-state index in [0.29, 0.717) is 12.0 Å². The molecule has 0 bridgehead atoms. The second-order valence-electron chi connectivity index (χ2n) is 5.27. The Morgan fingerprint density at radius 1 is 1.40 bits per heavy atom. The minimum atomic E-state index is 0.0497. The smallest absolute Gasteiger partial charge is 0.254 e. The fraction of sp³-hybridized carbons (Fsp3) is 0.467. The Bertz CT molecular complexity index is 606. The molecule has 0 radical (unpaired) electrons. The first-order valence-corrected chi connectivity index (χ1v) is 7.14. The van der Waals surface area contributed by atoms with Crippen molar-refractivity contribution in [3.05, 3.63) is 36.3 Å². The zero-order valence-corrected chi connectivity index (χ0v) is 11.4. The number of hydrogen-bond acceptors (Lipinski definition) is 3. The van der Waals surface area contributed by atoms with Gasteiger partial charge in [0.15, 0.2) is 0 Å². The van der Waals surface area contributed by atoms with Gasteiger partial charge in [0.25, 0.3) is 5.91 Å². The van der Waals surface area contributed by atoms with Crippen LogP contribution in [0.4, 0.5) is 0 Å². The molecule has 106 valence electrons. The molecule has 0 saturated carbocycles. The van der Waals surface area contributed by atoms with E-state index in [4.69, 9.17) is 5.11 Å². The molecule has 0 spiro atoms. The fourth-order valence-electron chi connectivity index (χ4n) is 2.93. The van der Waals surface area contributed by atoms with Crippen molar-refractivity contribution in [1.82, 2.24) is 14.3 Å². The Morgan fingerprint density at radius 3 is 3.15 bits per heavy atom. The van der Waals surface area contributed by atoms with Crippen LogP contribution in [0.2, 0.25) is 0 Å². The van der Waals surface area contributed by atoms with E-state index in [1.165, 1.54) is 0 Å². The van der Waals surface area contributed by atoms with E-state index in [-0.39, 0.29) is 18.6 Å². The average Bonchev–Trinajstić information content (AvgIpc) is 2.95. The standard InChI is InChI=1S/C15H19N3O2/c19-10-5-13-3-1-2-7-18(13)15(20)12-4-8-17-9-6-16-14(17)11-12/h4,6,8-9,11,13,19H,1-3,5,7,10H2. The molecular weight excluding hydrogens is 254 g/mol. The van der Waals surface area contributed by atoms with Crippen LogP contribution in [0.1, 0.15) is 36.0 Å². The van der Waals surface area contributed by atoms with Gasteiger partial charge in [-0.25, -0.2) is 4.98 Å². The van der Waals surface area contributed by atoms with Crippen LogP contribution < -0.4 is 0 Å². The summed E-state index contributed by atoms with van der Waals surface area (Å²) in [4.78, 5) is 18.8. The summed E-state index contributed by atoms with van der Waals surface area (Å²) in [6.45, 7) is 0.914. The normalized spacial score (nSPS) is 19.4. The molecule has 3 heterocycles.